The molecule has 90 valence electrons. The lowest BCUT2D eigenvalue weighted by Crippen LogP contribution is -2.01. The Morgan fingerprint density at radius 1 is 0.944 bits per heavy atom. The van der Waals surface area contributed by atoms with Crippen molar-refractivity contribution in [3.63, 3.8) is 0 Å². The number of hydrogen-bond acceptors (Lipinski definition) is 2. The summed E-state index contributed by atoms with van der Waals surface area (Å²) in [6, 6.07) is 16.5. The minimum Gasteiger partial charge on any atom is -0.497 e. The molecule has 2 heteroatoms. The number of Topliss-reactive ketones (excluding diaryl/α,β-unsaturated/α-hetero) is 1. The number of methoxy groups -OCH3 is 1. The van der Waals surface area contributed by atoms with E-state index in [0.29, 0.717) is 11.1 Å². The molecule has 0 spiro atoms. The summed E-state index contributed by atoms with van der Waals surface area (Å²) in [5, 5.41) is 0. The van der Waals surface area contributed by atoms with Gasteiger partial charge in [0.2, 0.25) is 0 Å². The maximum Gasteiger partial charge on any atom is 0.193 e. The lowest BCUT2D eigenvalue weighted by molar-refractivity contribution is 0.105. The molecule has 0 aliphatic carbocycles. The predicted octanol–water partition coefficient (Wildman–Crippen LogP) is 3.59. The number of ether oxygens (including phenoxy) is 1. The van der Waals surface area contributed by atoms with Crippen LogP contribution < -0.4 is 4.74 Å². The first-order valence-electron chi connectivity index (χ1n) is 5.65. The summed E-state index contributed by atoms with van der Waals surface area (Å²) >= 11 is 0. The molecule has 18 heavy (non-hydrogen) atoms. The number of rotatable bonds is 4. The van der Waals surface area contributed by atoms with Crippen molar-refractivity contribution in [2.75, 3.05) is 7.11 Å². The topological polar surface area (TPSA) is 26.3 Å². The molecular weight excluding hydrogens is 224 g/mol. The van der Waals surface area contributed by atoms with Crippen molar-refractivity contribution in [3.8, 4) is 5.75 Å². The fraction of sp³-hybridized carbons (Fsp3) is 0.0625. The van der Waals surface area contributed by atoms with Crippen molar-refractivity contribution in [3.05, 3.63) is 72.3 Å². The van der Waals surface area contributed by atoms with Crippen LogP contribution in [0.15, 0.2) is 61.2 Å². The van der Waals surface area contributed by atoms with Crippen molar-refractivity contribution in [1.29, 1.82) is 0 Å². The first-order chi connectivity index (χ1) is 8.72. The van der Waals surface area contributed by atoms with Crippen LogP contribution in [0.3, 0.4) is 0 Å². The monoisotopic (exact) mass is 238 g/mol. The van der Waals surface area contributed by atoms with Gasteiger partial charge in [0.15, 0.2) is 5.78 Å². The summed E-state index contributed by atoms with van der Waals surface area (Å²) in [4.78, 5) is 12.2. The third kappa shape index (κ3) is 2.48. The van der Waals surface area contributed by atoms with E-state index in [-0.39, 0.29) is 5.78 Å². The van der Waals surface area contributed by atoms with Gasteiger partial charge in [-0.3, -0.25) is 4.79 Å². The van der Waals surface area contributed by atoms with Crippen molar-refractivity contribution in [2.24, 2.45) is 0 Å². The number of allylic oxidation sites excluding steroid dienone is 1. The lowest BCUT2D eigenvalue weighted by atomic mass is 9.98. The molecule has 0 saturated heterocycles. The summed E-state index contributed by atoms with van der Waals surface area (Å²) in [6.07, 6.45) is 0. The zero-order chi connectivity index (χ0) is 13.0. The Labute approximate surface area is 107 Å². The number of carbonyl (C=O) groups is 1. The van der Waals surface area contributed by atoms with Gasteiger partial charge in [0, 0.05) is 11.1 Å². The molecule has 2 aromatic rings. The van der Waals surface area contributed by atoms with E-state index in [9.17, 15) is 4.79 Å². The lowest BCUT2D eigenvalue weighted by Gasteiger charge is -2.06. The molecule has 0 atom stereocenters. The van der Waals surface area contributed by atoms with Crippen LogP contribution in [0.5, 0.6) is 5.75 Å². The highest BCUT2D eigenvalue weighted by Gasteiger charge is 2.11. The minimum atomic E-state index is -0.0659. The SMILES string of the molecule is C=C(C(=O)c1ccc(OC)cc1)c1ccccc1. The van der Waals surface area contributed by atoms with Crippen LogP contribution >= 0.6 is 0 Å². The first-order valence-corrected chi connectivity index (χ1v) is 5.65. The van der Waals surface area contributed by atoms with Gasteiger partial charge in [-0.15, -0.1) is 0 Å². The third-order valence-corrected chi connectivity index (χ3v) is 2.75. The normalized spacial score (nSPS) is 9.83. The number of carbonyl (C=O) groups excluding carboxylic acids is 1. The van der Waals surface area contributed by atoms with E-state index in [1.807, 2.05) is 30.3 Å². The van der Waals surface area contributed by atoms with Crippen LogP contribution in [0.1, 0.15) is 15.9 Å². The molecule has 0 unspecified atom stereocenters. The number of ketones is 1. The molecule has 0 saturated carbocycles. The van der Waals surface area contributed by atoms with E-state index >= 15 is 0 Å². The highest BCUT2D eigenvalue weighted by Crippen LogP contribution is 2.19. The Hall–Kier alpha value is -2.35. The number of benzene rings is 2. The number of hydrogen-bond donors (Lipinski definition) is 0. The quantitative estimate of drug-likeness (QED) is 0.601. The second-order valence-electron chi connectivity index (χ2n) is 3.90. The van der Waals surface area contributed by atoms with Gasteiger partial charge in [0.25, 0.3) is 0 Å². The Morgan fingerprint density at radius 2 is 1.56 bits per heavy atom. The standard InChI is InChI=1S/C16H14O2/c1-12(13-6-4-3-5-7-13)16(17)14-8-10-15(18-2)11-9-14/h3-11H,1H2,2H3. The molecule has 0 N–H and O–H groups in total. The van der Waals surface area contributed by atoms with E-state index in [2.05, 4.69) is 6.58 Å². The maximum absolute atomic E-state index is 12.2. The van der Waals surface area contributed by atoms with Gasteiger partial charge < -0.3 is 4.74 Å². The molecule has 2 nitrogen and oxygen atoms in total. The van der Waals surface area contributed by atoms with E-state index in [1.165, 1.54) is 0 Å². The molecule has 0 bridgehead atoms. The fourth-order valence-electron chi connectivity index (χ4n) is 1.69. The van der Waals surface area contributed by atoms with Crippen molar-refractivity contribution in [1.82, 2.24) is 0 Å². The van der Waals surface area contributed by atoms with Crippen molar-refractivity contribution in [2.45, 2.75) is 0 Å². The van der Waals surface area contributed by atoms with Crippen LogP contribution in [-0.2, 0) is 0 Å². The van der Waals surface area contributed by atoms with Gasteiger partial charge in [-0.2, -0.15) is 0 Å². The molecule has 0 radical (unpaired) electrons. The van der Waals surface area contributed by atoms with Crippen LogP contribution in [0.25, 0.3) is 5.57 Å². The van der Waals surface area contributed by atoms with E-state index in [4.69, 9.17) is 4.74 Å². The second-order valence-corrected chi connectivity index (χ2v) is 3.90. The zero-order valence-corrected chi connectivity index (χ0v) is 10.2. The van der Waals surface area contributed by atoms with E-state index < -0.39 is 0 Å². The summed E-state index contributed by atoms with van der Waals surface area (Å²) in [7, 11) is 1.60. The van der Waals surface area contributed by atoms with Gasteiger partial charge in [-0.25, -0.2) is 0 Å². The molecule has 0 amide bonds. The summed E-state index contributed by atoms with van der Waals surface area (Å²) < 4.78 is 5.06. The van der Waals surface area contributed by atoms with Crippen LogP contribution in [0, 0.1) is 0 Å². The van der Waals surface area contributed by atoms with E-state index in [0.717, 1.165) is 11.3 Å². The molecule has 2 aromatic carbocycles. The average molecular weight is 238 g/mol. The molecule has 0 aliphatic heterocycles. The second kappa shape index (κ2) is 5.32. The average Bonchev–Trinajstić information content (AvgIpc) is 2.47. The predicted molar refractivity (Wildman–Crippen MR) is 72.8 cm³/mol. The molecule has 2 rings (SSSR count). The van der Waals surface area contributed by atoms with Gasteiger partial charge in [-0.05, 0) is 29.8 Å². The highest BCUT2D eigenvalue weighted by molar-refractivity contribution is 6.28. The minimum absolute atomic E-state index is 0.0659. The van der Waals surface area contributed by atoms with Gasteiger partial charge in [0.05, 0.1) is 7.11 Å². The first kappa shape index (κ1) is 12.1. The third-order valence-electron chi connectivity index (χ3n) is 2.75. The molecular formula is C16H14O2. The fourth-order valence-corrected chi connectivity index (χ4v) is 1.69. The summed E-state index contributed by atoms with van der Waals surface area (Å²) in [5.74, 6) is 0.667. The van der Waals surface area contributed by atoms with Crippen LogP contribution in [0.4, 0.5) is 0 Å². The smallest absolute Gasteiger partial charge is 0.193 e. The zero-order valence-electron chi connectivity index (χ0n) is 10.2. The van der Waals surface area contributed by atoms with Crippen molar-refractivity contribution < 1.29 is 9.53 Å². The van der Waals surface area contributed by atoms with Crippen LogP contribution in [-0.4, -0.2) is 12.9 Å². The van der Waals surface area contributed by atoms with E-state index in [1.54, 1.807) is 31.4 Å². The van der Waals surface area contributed by atoms with Crippen LogP contribution in [0.2, 0.25) is 0 Å². The van der Waals surface area contributed by atoms with Crippen molar-refractivity contribution >= 4 is 11.4 Å². The van der Waals surface area contributed by atoms with Gasteiger partial charge >= 0.3 is 0 Å². The Bertz CT molecular complexity index is 553. The molecule has 0 fully saturated rings. The molecule has 0 aliphatic rings. The Morgan fingerprint density at radius 3 is 2.11 bits per heavy atom. The summed E-state index contributed by atoms with van der Waals surface area (Å²) in [6.45, 7) is 3.86. The largest absolute Gasteiger partial charge is 0.497 e. The highest BCUT2D eigenvalue weighted by atomic mass is 16.5. The Balaban J connectivity index is 2.23. The van der Waals surface area contributed by atoms with Gasteiger partial charge in [0.1, 0.15) is 5.75 Å². The Kier molecular flexibility index (Phi) is 3.58. The van der Waals surface area contributed by atoms with Gasteiger partial charge in [-0.1, -0.05) is 36.9 Å². The maximum atomic E-state index is 12.2. The molecule has 0 heterocycles. The summed E-state index contributed by atoms with van der Waals surface area (Å²) in [5.41, 5.74) is 1.96. The molecule has 0 aromatic heterocycles.